The molecule has 0 saturated heterocycles. The van der Waals surface area contributed by atoms with Crippen molar-refractivity contribution in [3.8, 4) is 0 Å². The van der Waals surface area contributed by atoms with Crippen molar-refractivity contribution in [2.24, 2.45) is 7.05 Å². The molecule has 0 aliphatic carbocycles. The second-order valence-electron chi connectivity index (χ2n) is 3.79. The van der Waals surface area contributed by atoms with E-state index in [9.17, 15) is 9.50 Å². The summed E-state index contributed by atoms with van der Waals surface area (Å²) < 4.78 is 15.6. The van der Waals surface area contributed by atoms with Gasteiger partial charge in [0.05, 0.1) is 11.0 Å². The summed E-state index contributed by atoms with van der Waals surface area (Å²) >= 11 is 1.26. The smallest absolute Gasteiger partial charge is 0.172 e. The van der Waals surface area contributed by atoms with Crippen molar-refractivity contribution in [3.63, 3.8) is 0 Å². The number of aliphatic hydroxyl groups is 1. The first-order chi connectivity index (χ1) is 8.08. The predicted molar refractivity (Wildman–Crippen MR) is 64.4 cm³/mol. The van der Waals surface area contributed by atoms with Crippen LogP contribution in [0.25, 0.3) is 0 Å². The fourth-order valence-electron chi connectivity index (χ4n) is 1.41. The molecule has 17 heavy (non-hydrogen) atoms. The lowest BCUT2D eigenvalue weighted by atomic mass is 10.1. The Labute approximate surface area is 103 Å². The topological polar surface area (TPSA) is 38.1 Å². The Bertz CT molecular complexity index is 525. The highest BCUT2D eigenvalue weighted by atomic mass is 32.2. The molecule has 90 valence electrons. The summed E-state index contributed by atoms with van der Waals surface area (Å²) in [5.74, 6) is -0.337. The third-order valence-electron chi connectivity index (χ3n) is 2.42. The van der Waals surface area contributed by atoms with Gasteiger partial charge in [-0.15, -0.1) is 0 Å². The lowest BCUT2D eigenvalue weighted by Gasteiger charge is -2.07. The van der Waals surface area contributed by atoms with Crippen LogP contribution >= 0.6 is 11.8 Å². The van der Waals surface area contributed by atoms with E-state index in [0.717, 1.165) is 5.16 Å². The van der Waals surface area contributed by atoms with Crippen LogP contribution < -0.4 is 0 Å². The van der Waals surface area contributed by atoms with Gasteiger partial charge in [-0.3, -0.25) is 0 Å². The fraction of sp³-hybridized carbons (Fsp3) is 0.250. The van der Waals surface area contributed by atoms with Gasteiger partial charge in [0.25, 0.3) is 0 Å². The van der Waals surface area contributed by atoms with Crippen LogP contribution in [-0.2, 0) is 7.05 Å². The molecular weight excluding hydrogens is 239 g/mol. The van der Waals surface area contributed by atoms with E-state index < -0.39 is 6.10 Å². The van der Waals surface area contributed by atoms with Crippen LogP contribution in [0.2, 0.25) is 0 Å². The molecule has 5 heteroatoms. The van der Waals surface area contributed by atoms with E-state index in [1.54, 1.807) is 25.3 Å². The summed E-state index contributed by atoms with van der Waals surface area (Å²) in [4.78, 5) is 4.62. The molecule has 0 unspecified atom stereocenters. The number of rotatable bonds is 3. The quantitative estimate of drug-likeness (QED) is 0.912. The Morgan fingerprint density at radius 3 is 2.76 bits per heavy atom. The lowest BCUT2D eigenvalue weighted by Crippen LogP contribution is -1.94. The molecule has 0 amide bonds. The van der Waals surface area contributed by atoms with Gasteiger partial charge in [-0.25, -0.2) is 9.37 Å². The van der Waals surface area contributed by atoms with E-state index >= 15 is 0 Å². The number of imidazole rings is 1. The molecule has 2 aromatic rings. The summed E-state index contributed by atoms with van der Waals surface area (Å²) in [5.41, 5.74) is 0.576. The van der Waals surface area contributed by atoms with Crippen molar-refractivity contribution >= 4 is 11.8 Å². The van der Waals surface area contributed by atoms with Crippen molar-refractivity contribution in [1.29, 1.82) is 0 Å². The van der Waals surface area contributed by atoms with E-state index in [0.29, 0.717) is 10.5 Å². The number of hydrogen-bond donors (Lipinski definition) is 1. The van der Waals surface area contributed by atoms with Crippen molar-refractivity contribution in [2.75, 3.05) is 0 Å². The average molecular weight is 252 g/mol. The van der Waals surface area contributed by atoms with Crippen LogP contribution in [0.4, 0.5) is 4.39 Å². The highest BCUT2D eigenvalue weighted by Gasteiger charge is 2.10. The van der Waals surface area contributed by atoms with Crippen molar-refractivity contribution in [1.82, 2.24) is 9.55 Å². The number of aromatic nitrogens is 2. The van der Waals surface area contributed by atoms with Crippen molar-refractivity contribution < 1.29 is 9.50 Å². The van der Waals surface area contributed by atoms with Crippen LogP contribution in [0.1, 0.15) is 18.6 Å². The normalized spacial score (nSPS) is 12.7. The Hall–Kier alpha value is -1.33. The van der Waals surface area contributed by atoms with Crippen LogP contribution in [0.5, 0.6) is 0 Å². The zero-order valence-corrected chi connectivity index (χ0v) is 10.4. The van der Waals surface area contributed by atoms with E-state index in [1.165, 1.54) is 17.8 Å². The Balaban J connectivity index is 2.26. The summed E-state index contributed by atoms with van der Waals surface area (Å²) in [6.45, 7) is 1.61. The van der Waals surface area contributed by atoms with E-state index in [1.807, 2.05) is 17.8 Å². The molecule has 1 aromatic heterocycles. The monoisotopic (exact) mass is 252 g/mol. The maximum absolute atomic E-state index is 13.8. The molecule has 0 radical (unpaired) electrons. The third-order valence-corrected chi connectivity index (χ3v) is 3.54. The molecular formula is C12H13FN2OS. The Morgan fingerprint density at radius 2 is 2.24 bits per heavy atom. The Kier molecular flexibility index (Phi) is 3.49. The number of aryl methyl sites for hydroxylation is 1. The van der Waals surface area contributed by atoms with Crippen LogP contribution in [0.15, 0.2) is 40.6 Å². The highest BCUT2D eigenvalue weighted by molar-refractivity contribution is 7.99. The van der Waals surface area contributed by atoms with Gasteiger partial charge in [-0.2, -0.15) is 0 Å². The maximum Gasteiger partial charge on any atom is 0.172 e. The maximum atomic E-state index is 13.8. The van der Waals surface area contributed by atoms with Crippen LogP contribution in [-0.4, -0.2) is 14.7 Å². The number of nitrogens with zero attached hydrogens (tertiary/aromatic N) is 2. The van der Waals surface area contributed by atoms with Gasteiger partial charge in [-0.1, -0.05) is 6.07 Å². The summed E-state index contributed by atoms with van der Waals surface area (Å²) in [5, 5.41) is 10.1. The minimum atomic E-state index is -0.656. The van der Waals surface area contributed by atoms with Gasteiger partial charge in [0.2, 0.25) is 0 Å². The number of halogens is 1. The largest absolute Gasteiger partial charge is 0.389 e. The molecule has 1 atom stereocenters. The zero-order chi connectivity index (χ0) is 12.4. The Morgan fingerprint density at radius 1 is 1.47 bits per heavy atom. The molecule has 0 bridgehead atoms. The first-order valence-corrected chi connectivity index (χ1v) is 6.02. The zero-order valence-electron chi connectivity index (χ0n) is 9.59. The molecule has 1 heterocycles. The first kappa shape index (κ1) is 12.1. The van der Waals surface area contributed by atoms with Gasteiger partial charge in [-0.05, 0) is 36.4 Å². The van der Waals surface area contributed by atoms with Gasteiger partial charge in [0.1, 0.15) is 5.82 Å². The van der Waals surface area contributed by atoms with Gasteiger partial charge in [0, 0.05) is 19.4 Å². The number of aliphatic hydroxyl groups excluding tert-OH is 1. The third kappa shape index (κ3) is 2.68. The average Bonchev–Trinajstić information content (AvgIpc) is 2.67. The molecule has 1 aromatic carbocycles. The van der Waals surface area contributed by atoms with Gasteiger partial charge in [0.15, 0.2) is 5.16 Å². The molecule has 0 fully saturated rings. The predicted octanol–water partition coefficient (Wildman–Crippen LogP) is 2.76. The molecule has 2 rings (SSSR count). The molecule has 0 spiro atoms. The molecule has 1 N–H and O–H groups in total. The van der Waals surface area contributed by atoms with E-state index in [-0.39, 0.29) is 5.82 Å². The van der Waals surface area contributed by atoms with E-state index in [4.69, 9.17) is 0 Å². The summed E-state index contributed by atoms with van der Waals surface area (Å²) in [6.07, 6.45) is 2.83. The van der Waals surface area contributed by atoms with Crippen LogP contribution in [0, 0.1) is 5.82 Å². The lowest BCUT2D eigenvalue weighted by molar-refractivity contribution is 0.198. The molecule has 0 aliphatic rings. The number of hydrogen-bond acceptors (Lipinski definition) is 3. The minimum Gasteiger partial charge on any atom is -0.389 e. The van der Waals surface area contributed by atoms with Gasteiger partial charge < -0.3 is 9.67 Å². The standard InChI is InChI=1S/C12H13FN2OS/c1-8(16)9-3-4-11(10(13)7-9)17-12-14-5-6-15(12)2/h3-8,16H,1-2H3/t8-/m0/s1. The summed E-state index contributed by atoms with van der Waals surface area (Å²) in [7, 11) is 1.86. The van der Waals surface area contributed by atoms with Crippen molar-refractivity contribution in [2.45, 2.75) is 23.1 Å². The van der Waals surface area contributed by atoms with Gasteiger partial charge >= 0.3 is 0 Å². The fourth-order valence-corrected chi connectivity index (χ4v) is 2.22. The molecule has 0 saturated carbocycles. The first-order valence-electron chi connectivity index (χ1n) is 5.20. The second kappa shape index (κ2) is 4.89. The summed E-state index contributed by atoms with van der Waals surface area (Å²) in [6, 6.07) is 4.74. The minimum absolute atomic E-state index is 0.337. The molecule has 0 aliphatic heterocycles. The SMILES string of the molecule is C[C@H](O)c1ccc(Sc2nccn2C)c(F)c1. The number of benzene rings is 1. The van der Waals surface area contributed by atoms with E-state index in [2.05, 4.69) is 4.98 Å². The van der Waals surface area contributed by atoms with Crippen LogP contribution in [0.3, 0.4) is 0 Å². The molecule has 3 nitrogen and oxygen atoms in total. The van der Waals surface area contributed by atoms with Crippen molar-refractivity contribution in [3.05, 3.63) is 42.0 Å². The second-order valence-corrected chi connectivity index (χ2v) is 4.80. The highest BCUT2D eigenvalue weighted by Crippen LogP contribution is 2.29.